The van der Waals surface area contributed by atoms with Gasteiger partial charge in [0, 0.05) is 5.41 Å². The molecule has 0 saturated carbocycles. The number of hydrogen-bond donors (Lipinski definition) is 1. The summed E-state index contributed by atoms with van der Waals surface area (Å²) in [4.78, 5) is 10.7. The number of halogens is 1. The predicted octanol–water partition coefficient (Wildman–Crippen LogP) is 3.03. The minimum absolute atomic E-state index is 0.333. The van der Waals surface area contributed by atoms with Crippen LogP contribution in [0.5, 0.6) is 0 Å². The first-order valence-electron chi connectivity index (χ1n) is 3.89. The van der Waals surface area contributed by atoms with Gasteiger partial charge >= 0.3 is 5.97 Å². The molecule has 0 bridgehead atoms. The van der Waals surface area contributed by atoms with Crippen LogP contribution in [0.3, 0.4) is 0 Å². The van der Waals surface area contributed by atoms with E-state index in [2.05, 4.69) is 15.9 Å². The number of carbonyl (C=O) groups is 1. The van der Waals surface area contributed by atoms with E-state index < -0.39 is 5.97 Å². The van der Waals surface area contributed by atoms with Crippen LogP contribution < -0.4 is 0 Å². The van der Waals surface area contributed by atoms with E-state index in [4.69, 9.17) is 5.11 Å². The Bertz CT molecular complexity index is 207. The fourth-order valence-electron chi connectivity index (χ4n) is 0.888. The Balaban J connectivity index is 4.72. The average molecular weight is 235 g/mol. The Hall–Kier alpha value is -0.310. The lowest BCUT2D eigenvalue weighted by Crippen LogP contribution is -2.28. The number of carboxylic acids is 1. The minimum atomic E-state index is -0.765. The molecule has 1 atom stereocenters. The van der Waals surface area contributed by atoms with Gasteiger partial charge in [-0.05, 0) is 11.4 Å². The first-order valence-corrected chi connectivity index (χ1v) is 4.68. The standard InChI is InChI=1S/C9H15BrO2/c1-5-7(10)9(3,4)6(2)8(11)12/h5-6H,1-4H3,(H,11,12). The molecule has 12 heavy (non-hydrogen) atoms. The van der Waals surface area contributed by atoms with Crippen LogP contribution in [0, 0.1) is 11.3 Å². The lowest BCUT2D eigenvalue weighted by atomic mass is 9.80. The highest BCUT2D eigenvalue weighted by Gasteiger charge is 2.33. The molecule has 0 rings (SSSR count). The summed E-state index contributed by atoms with van der Waals surface area (Å²) in [7, 11) is 0. The number of hydrogen-bond acceptors (Lipinski definition) is 1. The summed E-state index contributed by atoms with van der Waals surface area (Å²) in [5.74, 6) is -1.15. The van der Waals surface area contributed by atoms with Gasteiger partial charge in [0.1, 0.15) is 0 Å². The molecule has 0 fully saturated rings. The van der Waals surface area contributed by atoms with Crippen molar-refractivity contribution in [1.82, 2.24) is 0 Å². The molecule has 0 spiro atoms. The van der Waals surface area contributed by atoms with E-state index in [9.17, 15) is 4.79 Å². The van der Waals surface area contributed by atoms with E-state index in [1.807, 2.05) is 26.8 Å². The van der Waals surface area contributed by atoms with Crippen LogP contribution in [0.15, 0.2) is 10.6 Å². The van der Waals surface area contributed by atoms with Gasteiger partial charge in [-0.1, -0.05) is 42.8 Å². The normalized spacial score (nSPS) is 15.9. The Morgan fingerprint density at radius 3 is 2.25 bits per heavy atom. The summed E-state index contributed by atoms with van der Waals surface area (Å²) in [5.41, 5.74) is -0.333. The molecule has 0 aliphatic rings. The third-order valence-corrected chi connectivity index (χ3v) is 3.80. The van der Waals surface area contributed by atoms with Crippen LogP contribution >= 0.6 is 15.9 Å². The molecule has 0 aromatic heterocycles. The summed E-state index contributed by atoms with van der Waals surface area (Å²) >= 11 is 3.36. The lowest BCUT2D eigenvalue weighted by Gasteiger charge is -2.28. The largest absolute Gasteiger partial charge is 0.481 e. The van der Waals surface area contributed by atoms with Gasteiger partial charge in [0.15, 0.2) is 0 Å². The Kier molecular flexibility index (Phi) is 3.97. The summed E-state index contributed by atoms with van der Waals surface area (Å²) in [6.45, 7) is 7.43. The molecule has 0 amide bonds. The summed E-state index contributed by atoms with van der Waals surface area (Å²) < 4.78 is 0.935. The zero-order chi connectivity index (χ0) is 9.94. The van der Waals surface area contributed by atoms with Crippen molar-refractivity contribution in [3.8, 4) is 0 Å². The Labute approximate surface area is 81.8 Å². The van der Waals surface area contributed by atoms with E-state index in [1.165, 1.54) is 0 Å². The summed E-state index contributed by atoms with van der Waals surface area (Å²) in [5, 5.41) is 8.81. The summed E-state index contributed by atoms with van der Waals surface area (Å²) in [6, 6.07) is 0. The van der Waals surface area contributed by atoms with Gasteiger partial charge in [-0.2, -0.15) is 0 Å². The fraction of sp³-hybridized carbons (Fsp3) is 0.667. The monoisotopic (exact) mass is 234 g/mol. The molecule has 0 aliphatic heterocycles. The lowest BCUT2D eigenvalue weighted by molar-refractivity contribution is -0.143. The molecule has 1 N–H and O–H groups in total. The zero-order valence-electron chi connectivity index (χ0n) is 7.89. The molecular weight excluding hydrogens is 220 g/mol. The quantitative estimate of drug-likeness (QED) is 0.816. The summed E-state index contributed by atoms with van der Waals surface area (Å²) in [6.07, 6.45) is 1.89. The van der Waals surface area contributed by atoms with Crippen molar-refractivity contribution in [2.24, 2.45) is 11.3 Å². The van der Waals surface area contributed by atoms with Gasteiger partial charge in [0.25, 0.3) is 0 Å². The van der Waals surface area contributed by atoms with Crippen LogP contribution in [0.25, 0.3) is 0 Å². The molecule has 2 nitrogen and oxygen atoms in total. The maximum Gasteiger partial charge on any atom is 0.307 e. The Morgan fingerprint density at radius 1 is 1.58 bits per heavy atom. The van der Waals surface area contributed by atoms with E-state index in [0.29, 0.717) is 0 Å². The van der Waals surface area contributed by atoms with Crippen molar-refractivity contribution in [2.45, 2.75) is 27.7 Å². The predicted molar refractivity (Wildman–Crippen MR) is 53.3 cm³/mol. The molecule has 0 saturated heterocycles. The van der Waals surface area contributed by atoms with Crippen molar-refractivity contribution in [3.05, 3.63) is 10.6 Å². The highest BCUT2D eigenvalue weighted by Crippen LogP contribution is 2.38. The van der Waals surface area contributed by atoms with Gasteiger partial charge in [-0.15, -0.1) is 0 Å². The molecule has 0 aromatic carbocycles. The first kappa shape index (κ1) is 11.7. The second-order valence-corrected chi connectivity index (χ2v) is 4.27. The van der Waals surface area contributed by atoms with Gasteiger partial charge in [0.05, 0.1) is 5.92 Å². The van der Waals surface area contributed by atoms with Crippen LogP contribution in [-0.2, 0) is 4.79 Å². The van der Waals surface area contributed by atoms with Gasteiger partial charge in [0.2, 0.25) is 0 Å². The fourth-order valence-corrected chi connectivity index (χ4v) is 1.23. The van der Waals surface area contributed by atoms with E-state index in [1.54, 1.807) is 6.92 Å². The highest BCUT2D eigenvalue weighted by atomic mass is 79.9. The number of rotatable bonds is 3. The van der Waals surface area contributed by atoms with Gasteiger partial charge < -0.3 is 5.11 Å². The SMILES string of the molecule is CC=C(Br)C(C)(C)C(C)C(=O)O. The molecule has 0 aromatic rings. The van der Waals surface area contributed by atoms with Crippen LogP contribution in [0.1, 0.15) is 27.7 Å². The van der Waals surface area contributed by atoms with Crippen molar-refractivity contribution >= 4 is 21.9 Å². The smallest absolute Gasteiger partial charge is 0.307 e. The van der Waals surface area contributed by atoms with Crippen molar-refractivity contribution in [1.29, 1.82) is 0 Å². The van der Waals surface area contributed by atoms with E-state index >= 15 is 0 Å². The van der Waals surface area contributed by atoms with Crippen LogP contribution in [-0.4, -0.2) is 11.1 Å². The zero-order valence-corrected chi connectivity index (χ0v) is 9.47. The third kappa shape index (κ3) is 2.34. The van der Waals surface area contributed by atoms with Crippen molar-refractivity contribution < 1.29 is 9.90 Å². The molecule has 0 radical (unpaired) electrons. The number of carboxylic acid groups (broad SMARTS) is 1. The third-order valence-electron chi connectivity index (χ3n) is 2.32. The second-order valence-electron chi connectivity index (χ2n) is 3.42. The minimum Gasteiger partial charge on any atom is -0.481 e. The van der Waals surface area contributed by atoms with Crippen molar-refractivity contribution in [2.75, 3.05) is 0 Å². The Morgan fingerprint density at radius 2 is 2.00 bits per heavy atom. The average Bonchev–Trinajstić information content (AvgIpc) is 2.01. The van der Waals surface area contributed by atoms with Crippen LogP contribution in [0.4, 0.5) is 0 Å². The molecule has 1 unspecified atom stereocenters. The maximum absolute atomic E-state index is 10.7. The van der Waals surface area contributed by atoms with E-state index in [0.717, 1.165) is 4.48 Å². The molecule has 0 aliphatic carbocycles. The van der Waals surface area contributed by atoms with Gasteiger partial charge in [-0.3, -0.25) is 4.79 Å². The van der Waals surface area contributed by atoms with Crippen molar-refractivity contribution in [3.63, 3.8) is 0 Å². The topological polar surface area (TPSA) is 37.3 Å². The van der Waals surface area contributed by atoms with Crippen LogP contribution in [0.2, 0.25) is 0 Å². The molecule has 0 heterocycles. The number of aliphatic carboxylic acids is 1. The van der Waals surface area contributed by atoms with Gasteiger partial charge in [-0.25, -0.2) is 0 Å². The first-order chi connectivity index (χ1) is 5.34. The van der Waals surface area contributed by atoms with E-state index in [-0.39, 0.29) is 11.3 Å². The highest BCUT2D eigenvalue weighted by molar-refractivity contribution is 9.11. The second kappa shape index (κ2) is 4.08. The molecule has 3 heteroatoms. The molecule has 70 valence electrons. The number of allylic oxidation sites excluding steroid dienone is 2. The maximum atomic E-state index is 10.7. The molecular formula is C9H15BrO2.